The third-order valence-electron chi connectivity index (χ3n) is 2.82. The molecule has 0 bridgehead atoms. The average molecular weight is 329 g/mol. The van der Waals surface area contributed by atoms with E-state index in [1.54, 1.807) is 24.3 Å². The van der Waals surface area contributed by atoms with Crippen molar-refractivity contribution in [1.29, 1.82) is 0 Å². The molecule has 0 saturated carbocycles. The second kappa shape index (κ2) is 6.56. The van der Waals surface area contributed by atoms with Gasteiger partial charge in [0.2, 0.25) is 11.8 Å². The number of halogens is 1. The molecular weight excluding hydrogens is 316 g/mol. The third kappa shape index (κ3) is 3.50. The molecule has 20 heavy (non-hydrogen) atoms. The van der Waals surface area contributed by atoms with Crippen molar-refractivity contribution in [2.24, 2.45) is 0 Å². The number of thiocarbonyl (C=S) groups is 1. The van der Waals surface area contributed by atoms with E-state index in [1.165, 1.54) is 16.7 Å². The molecule has 4 nitrogen and oxygen atoms in total. The van der Waals surface area contributed by atoms with Crippen molar-refractivity contribution < 1.29 is 9.59 Å². The SMILES string of the molecule is CC1SC(=S)N(CCC(=O)Nc2ccccc2Cl)C1=O. The minimum Gasteiger partial charge on any atom is -0.325 e. The molecule has 1 saturated heterocycles. The van der Waals surface area contributed by atoms with E-state index >= 15 is 0 Å². The molecule has 1 aromatic carbocycles. The van der Waals surface area contributed by atoms with Crippen molar-refractivity contribution in [1.82, 2.24) is 4.90 Å². The molecule has 1 aliphatic heterocycles. The van der Waals surface area contributed by atoms with Crippen molar-refractivity contribution in [2.45, 2.75) is 18.6 Å². The highest BCUT2D eigenvalue weighted by Crippen LogP contribution is 2.27. The predicted octanol–water partition coefficient (Wildman–Crippen LogP) is 2.92. The lowest BCUT2D eigenvalue weighted by Gasteiger charge is -2.15. The smallest absolute Gasteiger partial charge is 0.241 e. The van der Waals surface area contributed by atoms with Crippen LogP contribution in [-0.2, 0) is 9.59 Å². The van der Waals surface area contributed by atoms with E-state index < -0.39 is 0 Å². The zero-order valence-corrected chi connectivity index (χ0v) is 13.1. The largest absolute Gasteiger partial charge is 0.325 e. The standard InChI is InChI=1S/C13H13ClN2O2S2/c1-8-12(18)16(13(19)20-8)7-6-11(17)15-10-5-3-2-4-9(10)14/h2-5,8H,6-7H2,1H3,(H,15,17). The van der Waals surface area contributed by atoms with Crippen molar-refractivity contribution in [3.63, 3.8) is 0 Å². The summed E-state index contributed by atoms with van der Waals surface area (Å²) < 4.78 is 0.535. The first-order chi connectivity index (χ1) is 9.49. The monoisotopic (exact) mass is 328 g/mol. The van der Waals surface area contributed by atoms with Gasteiger partial charge in [0, 0.05) is 13.0 Å². The summed E-state index contributed by atoms with van der Waals surface area (Å²) >= 11 is 12.4. The highest BCUT2D eigenvalue weighted by molar-refractivity contribution is 8.24. The molecule has 0 aromatic heterocycles. The Labute approximate surface area is 131 Å². The molecular formula is C13H13ClN2O2S2. The Morgan fingerprint density at radius 1 is 1.50 bits per heavy atom. The molecule has 0 radical (unpaired) electrons. The summed E-state index contributed by atoms with van der Waals surface area (Å²) in [5.74, 6) is -0.233. The van der Waals surface area contributed by atoms with Gasteiger partial charge in [-0.1, -0.05) is 47.7 Å². The lowest BCUT2D eigenvalue weighted by Crippen LogP contribution is -2.33. The van der Waals surface area contributed by atoms with Gasteiger partial charge in [-0.05, 0) is 19.1 Å². The number of thioether (sulfide) groups is 1. The minimum atomic E-state index is -0.196. The number of hydrogen-bond acceptors (Lipinski definition) is 4. The number of amides is 2. The van der Waals surface area contributed by atoms with E-state index in [0.29, 0.717) is 21.6 Å². The number of carbonyl (C=O) groups excluding carboxylic acids is 2. The quantitative estimate of drug-likeness (QED) is 0.863. The predicted molar refractivity (Wildman–Crippen MR) is 86.1 cm³/mol. The van der Waals surface area contributed by atoms with Crippen molar-refractivity contribution in [2.75, 3.05) is 11.9 Å². The Balaban J connectivity index is 1.89. The maximum Gasteiger partial charge on any atom is 0.241 e. The molecule has 1 N–H and O–H groups in total. The second-order valence-corrected chi connectivity index (χ2v) is 6.68. The topological polar surface area (TPSA) is 49.4 Å². The van der Waals surface area contributed by atoms with E-state index in [0.717, 1.165) is 0 Å². The van der Waals surface area contributed by atoms with Gasteiger partial charge in [-0.2, -0.15) is 0 Å². The molecule has 1 aromatic rings. The van der Waals surface area contributed by atoms with Crippen LogP contribution in [0.25, 0.3) is 0 Å². The van der Waals surface area contributed by atoms with Gasteiger partial charge in [0.25, 0.3) is 0 Å². The van der Waals surface area contributed by atoms with E-state index in [-0.39, 0.29) is 23.5 Å². The summed E-state index contributed by atoms with van der Waals surface area (Å²) in [4.78, 5) is 25.1. The second-order valence-electron chi connectivity index (χ2n) is 4.29. The maximum atomic E-state index is 11.9. The van der Waals surface area contributed by atoms with E-state index in [4.69, 9.17) is 23.8 Å². The Hall–Kier alpha value is -1.11. The molecule has 0 spiro atoms. The van der Waals surface area contributed by atoms with Crippen molar-refractivity contribution in [3.8, 4) is 0 Å². The number of rotatable bonds is 4. The maximum absolute atomic E-state index is 11.9. The van der Waals surface area contributed by atoms with Crippen LogP contribution in [0.4, 0.5) is 5.69 Å². The van der Waals surface area contributed by atoms with Gasteiger partial charge in [0.15, 0.2) is 0 Å². The Kier molecular flexibility index (Phi) is 5.01. The van der Waals surface area contributed by atoms with Gasteiger partial charge in [0.1, 0.15) is 4.32 Å². The first-order valence-electron chi connectivity index (χ1n) is 6.05. The summed E-state index contributed by atoms with van der Waals surface area (Å²) in [6.07, 6.45) is 0.185. The molecule has 1 heterocycles. The van der Waals surface area contributed by atoms with Gasteiger partial charge in [-0.3, -0.25) is 14.5 Å². The highest BCUT2D eigenvalue weighted by atomic mass is 35.5. The van der Waals surface area contributed by atoms with Gasteiger partial charge in [0.05, 0.1) is 16.0 Å². The molecule has 1 atom stereocenters. The fourth-order valence-corrected chi connectivity index (χ4v) is 3.40. The molecule has 106 valence electrons. The normalized spacial score (nSPS) is 18.5. The van der Waals surface area contributed by atoms with Gasteiger partial charge in [-0.15, -0.1) is 0 Å². The summed E-state index contributed by atoms with van der Waals surface area (Å²) in [5.41, 5.74) is 0.567. The summed E-state index contributed by atoms with van der Waals surface area (Å²) in [7, 11) is 0. The van der Waals surface area contributed by atoms with Crippen molar-refractivity contribution >= 4 is 57.4 Å². The number of benzene rings is 1. The van der Waals surface area contributed by atoms with Crippen molar-refractivity contribution in [3.05, 3.63) is 29.3 Å². The van der Waals surface area contributed by atoms with Crippen LogP contribution in [0.3, 0.4) is 0 Å². The zero-order valence-electron chi connectivity index (χ0n) is 10.8. The molecule has 2 rings (SSSR count). The van der Waals surface area contributed by atoms with Gasteiger partial charge in [-0.25, -0.2) is 0 Å². The van der Waals surface area contributed by atoms with E-state index in [2.05, 4.69) is 5.32 Å². The molecule has 2 amide bonds. The first kappa shape index (κ1) is 15.3. The molecule has 1 unspecified atom stereocenters. The van der Waals surface area contributed by atoms with Crippen LogP contribution in [0, 0.1) is 0 Å². The number of carbonyl (C=O) groups is 2. The lowest BCUT2D eigenvalue weighted by atomic mass is 10.3. The Morgan fingerprint density at radius 3 is 2.80 bits per heavy atom. The lowest BCUT2D eigenvalue weighted by molar-refractivity contribution is -0.126. The third-order valence-corrected chi connectivity index (χ3v) is 4.64. The number of para-hydroxylation sites is 1. The van der Waals surface area contributed by atoms with Crippen LogP contribution < -0.4 is 5.32 Å². The van der Waals surface area contributed by atoms with Crippen LogP contribution in [0.1, 0.15) is 13.3 Å². The zero-order chi connectivity index (χ0) is 14.7. The Bertz CT molecular complexity index is 565. The summed E-state index contributed by atoms with van der Waals surface area (Å²) in [6, 6.07) is 7.01. The van der Waals surface area contributed by atoms with E-state index in [1.807, 2.05) is 6.92 Å². The number of anilines is 1. The van der Waals surface area contributed by atoms with Crippen LogP contribution in [-0.4, -0.2) is 32.8 Å². The summed E-state index contributed by atoms with van der Waals surface area (Å²) in [6.45, 7) is 2.11. The van der Waals surface area contributed by atoms with Crippen LogP contribution in [0.2, 0.25) is 5.02 Å². The average Bonchev–Trinajstić information content (AvgIpc) is 2.64. The fourth-order valence-electron chi connectivity index (χ4n) is 1.76. The highest BCUT2D eigenvalue weighted by Gasteiger charge is 2.33. The fraction of sp³-hybridized carbons (Fsp3) is 0.308. The number of hydrogen-bond donors (Lipinski definition) is 1. The molecule has 1 fully saturated rings. The molecule has 1 aliphatic rings. The number of nitrogens with zero attached hydrogens (tertiary/aromatic N) is 1. The first-order valence-corrected chi connectivity index (χ1v) is 7.72. The minimum absolute atomic E-state index is 0.0365. The van der Waals surface area contributed by atoms with E-state index in [9.17, 15) is 9.59 Å². The Morgan fingerprint density at radius 2 is 2.20 bits per heavy atom. The number of nitrogens with one attached hydrogen (secondary N) is 1. The van der Waals surface area contributed by atoms with Crippen LogP contribution in [0.5, 0.6) is 0 Å². The van der Waals surface area contributed by atoms with Crippen LogP contribution in [0.15, 0.2) is 24.3 Å². The van der Waals surface area contributed by atoms with Crippen LogP contribution >= 0.6 is 35.6 Å². The van der Waals surface area contributed by atoms with Gasteiger partial charge >= 0.3 is 0 Å². The summed E-state index contributed by atoms with van der Waals surface area (Å²) in [5, 5.41) is 3.04. The molecule has 7 heteroatoms. The van der Waals surface area contributed by atoms with Gasteiger partial charge < -0.3 is 5.32 Å². The molecule has 0 aliphatic carbocycles.